The maximum Gasteiger partial charge on any atom is 0.263 e. The van der Waals surface area contributed by atoms with E-state index < -0.39 is 21.4 Å². The van der Waals surface area contributed by atoms with Gasteiger partial charge >= 0.3 is 0 Å². The van der Waals surface area contributed by atoms with E-state index in [9.17, 15) is 13.2 Å². The van der Waals surface area contributed by atoms with Crippen LogP contribution >= 0.6 is 11.6 Å². The minimum Gasteiger partial charge on any atom is -0.495 e. The number of nitrogens with one attached hydrogen (secondary N) is 1. The topological polar surface area (TPSA) is 103 Å². The molecular formula is C26H19ClFN3O5S. The molecule has 2 heterocycles. The van der Waals surface area contributed by atoms with Crippen LogP contribution in [0.25, 0.3) is 27.7 Å². The summed E-state index contributed by atoms with van der Waals surface area (Å²) in [5.41, 5.74) is 1.63. The van der Waals surface area contributed by atoms with E-state index in [4.69, 9.17) is 16.3 Å². The highest BCUT2D eigenvalue weighted by atomic mass is 35.5. The standard InChI is InChI=1S/C26H19ClFN3O5S/c1-15-18(4-3-5-20(15)27)19-13-24(35-2)23(14-21(19)28)31-22-8-7-17(12-16(22)6-9-26(31)32)37(33,34)30-25-10-11-36-29-25/h3-14H,1-2H3,(H,29,30). The molecule has 0 amide bonds. The number of rotatable bonds is 6. The molecule has 1 N–H and O–H groups in total. The number of ether oxygens (including phenoxy) is 1. The molecule has 0 aliphatic heterocycles. The number of nitrogens with zero attached hydrogens (tertiary/aromatic N) is 2. The smallest absolute Gasteiger partial charge is 0.263 e. The van der Waals surface area contributed by atoms with Crippen molar-refractivity contribution < 1.29 is 22.1 Å². The number of halogens is 2. The van der Waals surface area contributed by atoms with Crippen molar-refractivity contribution in [2.45, 2.75) is 11.8 Å². The molecule has 37 heavy (non-hydrogen) atoms. The van der Waals surface area contributed by atoms with Crippen molar-refractivity contribution >= 4 is 38.3 Å². The van der Waals surface area contributed by atoms with Gasteiger partial charge in [0, 0.05) is 34.2 Å². The van der Waals surface area contributed by atoms with Gasteiger partial charge in [-0.25, -0.2) is 12.8 Å². The molecule has 0 unspecified atom stereocenters. The molecule has 2 aromatic heterocycles. The van der Waals surface area contributed by atoms with Crippen LogP contribution in [-0.4, -0.2) is 25.3 Å². The van der Waals surface area contributed by atoms with Crippen molar-refractivity contribution in [3.05, 3.63) is 99.8 Å². The Kier molecular flexibility index (Phi) is 6.22. The average Bonchev–Trinajstić information content (AvgIpc) is 3.38. The molecule has 0 aliphatic rings. The van der Waals surface area contributed by atoms with E-state index >= 15 is 4.39 Å². The molecule has 3 aromatic carbocycles. The molecule has 8 nitrogen and oxygen atoms in total. The van der Waals surface area contributed by atoms with Gasteiger partial charge in [0.05, 0.1) is 23.2 Å². The van der Waals surface area contributed by atoms with E-state index in [1.165, 1.54) is 66.5 Å². The van der Waals surface area contributed by atoms with Crippen molar-refractivity contribution in [3.63, 3.8) is 0 Å². The van der Waals surface area contributed by atoms with Crippen LogP contribution in [0.15, 0.2) is 87.2 Å². The largest absolute Gasteiger partial charge is 0.495 e. The Hall–Kier alpha value is -4.15. The minimum absolute atomic E-state index is 0.0281. The predicted octanol–water partition coefficient (Wildman–Crippen LogP) is 5.56. The predicted molar refractivity (Wildman–Crippen MR) is 139 cm³/mol. The van der Waals surface area contributed by atoms with Gasteiger partial charge in [-0.1, -0.05) is 28.9 Å². The third-order valence-electron chi connectivity index (χ3n) is 5.92. The van der Waals surface area contributed by atoms with E-state index in [1.54, 1.807) is 25.1 Å². The van der Waals surface area contributed by atoms with Crippen molar-refractivity contribution in [2.75, 3.05) is 11.8 Å². The summed E-state index contributed by atoms with van der Waals surface area (Å²) in [4.78, 5) is 12.9. The normalized spacial score (nSPS) is 11.6. The van der Waals surface area contributed by atoms with Crippen molar-refractivity contribution in [2.24, 2.45) is 0 Å². The first-order valence-corrected chi connectivity index (χ1v) is 12.8. The second-order valence-corrected chi connectivity index (χ2v) is 10.2. The zero-order chi connectivity index (χ0) is 26.3. The van der Waals surface area contributed by atoms with Gasteiger partial charge in [0.2, 0.25) is 0 Å². The molecule has 188 valence electrons. The van der Waals surface area contributed by atoms with E-state index in [0.717, 1.165) is 0 Å². The summed E-state index contributed by atoms with van der Waals surface area (Å²) in [7, 11) is -2.56. The van der Waals surface area contributed by atoms with Gasteiger partial charge < -0.3 is 9.26 Å². The Labute approximate surface area is 215 Å². The van der Waals surface area contributed by atoms with Gasteiger partial charge in [0.25, 0.3) is 15.6 Å². The Balaban J connectivity index is 1.66. The van der Waals surface area contributed by atoms with Crippen LogP contribution in [0.1, 0.15) is 5.56 Å². The number of benzene rings is 3. The van der Waals surface area contributed by atoms with Gasteiger partial charge in [0.15, 0.2) is 5.82 Å². The fraction of sp³-hybridized carbons (Fsp3) is 0.0769. The lowest BCUT2D eigenvalue weighted by Gasteiger charge is -2.17. The van der Waals surface area contributed by atoms with Crippen LogP contribution in [0.2, 0.25) is 5.02 Å². The summed E-state index contributed by atoms with van der Waals surface area (Å²) in [5, 5.41) is 4.48. The first kappa shape index (κ1) is 24.5. The molecular weight excluding hydrogens is 521 g/mol. The molecule has 0 saturated heterocycles. The molecule has 0 atom stereocenters. The Morgan fingerprint density at radius 1 is 1.05 bits per heavy atom. The monoisotopic (exact) mass is 539 g/mol. The van der Waals surface area contributed by atoms with E-state index in [-0.39, 0.29) is 27.7 Å². The number of hydrogen-bond acceptors (Lipinski definition) is 6. The number of pyridine rings is 1. The van der Waals surface area contributed by atoms with Crippen molar-refractivity contribution in [3.8, 4) is 22.6 Å². The number of fused-ring (bicyclic) bond motifs is 1. The van der Waals surface area contributed by atoms with Gasteiger partial charge in [-0.05, 0) is 54.4 Å². The molecule has 5 rings (SSSR count). The number of aromatic nitrogens is 2. The van der Waals surface area contributed by atoms with Crippen LogP contribution in [0.5, 0.6) is 5.75 Å². The first-order chi connectivity index (χ1) is 17.7. The maximum atomic E-state index is 15.5. The van der Waals surface area contributed by atoms with E-state index in [0.29, 0.717) is 27.1 Å². The van der Waals surface area contributed by atoms with Crippen LogP contribution in [0.3, 0.4) is 0 Å². The highest BCUT2D eigenvalue weighted by Crippen LogP contribution is 2.36. The highest BCUT2D eigenvalue weighted by molar-refractivity contribution is 7.92. The Morgan fingerprint density at radius 3 is 2.59 bits per heavy atom. The lowest BCUT2D eigenvalue weighted by Crippen LogP contribution is -2.19. The minimum atomic E-state index is -3.98. The maximum absolute atomic E-state index is 15.5. The molecule has 0 radical (unpaired) electrons. The van der Waals surface area contributed by atoms with Gasteiger partial charge in [-0.2, -0.15) is 0 Å². The first-order valence-electron chi connectivity index (χ1n) is 10.9. The number of methoxy groups -OCH3 is 1. The SMILES string of the molecule is COc1cc(-c2cccc(Cl)c2C)c(F)cc1-n1c(=O)ccc2cc(S(=O)(=O)Nc3ccon3)ccc21. The van der Waals surface area contributed by atoms with Crippen LogP contribution < -0.4 is 15.0 Å². The molecule has 5 aromatic rings. The highest BCUT2D eigenvalue weighted by Gasteiger charge is 2.20. The van der Waals surface area contributed by atoms with Crippen LogP contribution in [0.4, 0.5) is 10.2 Å². The van der Waals surface area contributed by atoms with Crippen molar-refractivity contribution in [1.82, 2.24) is 9.72 Å². The summed E-state index contributed by atoms with van der Waals surface area (Å²) < 4.78 is 54.8. The zero-order valence-electron chi connectivity index (χ0n) is 19.5. The molecule has 0 spiro atoms. The third kappa shape index (κ3) is 4.45. The molecule has 0 bridgehead atoms. The second-order valence-electron chi connectivity index (χ2n) is 8.13. The molecule has 0 saturated carbocycles. The lowest BCUT2D eigenvalue weighted by molar-refractivity contribution is 0.412. The average molecular weight is 540 g/mol. The van der Waals surface area contributed by atoms with Gasteiger partial charge in [-0.15, -0.1) is 0 Å². The van der Waals surface area contributed by atoms with Crippen molar-refractivity contribution in [1.29, 1.82) is 0 Å². The van der Waals surface area contributed by atoms with Crippen LogP contribution in [-0.2, 0) is 10.0 Å². The number of hydrogen-bond donors (Lipinski definition) is 1. The quantitative estimate of drug-likeness (QED) is 0.303. The fourth-order valence-corrected chi connectivity index (χ4v) is 5.29. The summed E-state index contributed by atoms with van der Waals surface area (Å²) in [6.45, 7) is 1.79. The molecule has 0 fully saturated rings. The number of sulfonamides is 1. The fourth-order valence-electron chi connectivity index (χ4n) is 4.09. The molecule has 11 heteroatoms. The summed E-state index contributed by atoms with van der Waals surface area (Å²) >= 11 is 6.23. The second kappa shape index (κ2) is 9.38. The summed E-state index contributed by atoms with van der Waals surface area (Å²) in [6, 6.07) is 16.3. The van der Waals surface area contributed by atoms with Crippen LogP contribution in [0, 0.1) is 12.7 Å². The van der Waals surface area contributed by atoms with E-state index in [2.05, 4.69) is 14.4 Å². The third-order valence-corrected chi connectivity index (χ3v) is 7.68. The number of anilines is 1. The Bertz CT molecular complexity index is 1820. The van der Waals surface area contributed by atoms with Gasteiger partial charge in [-0.3, -0.25) is 14.1 Å². The lowest BCUT2D eigenvalue weighted by atomic mass is 9.99. The Morgan fingerprint density at radius 2 is 1.86 bits per heavy atom. The zero-order valence-corrected chi connectivity index (χ0v) is 21.1. The summed E-state index contributed by atoms with van der Waals surface area (Å²) in [6.07, 6.45) is 1.24. The summed E-state index contributed by atoms with van der Waals surface area (Å²) in [5.74, 6) is -0.309. The van der Waals surface area contributed by atoms with Gasteiger partial charge in [0.1, 0.15) is 17.8 Å². The molecule has 0 aliphatic carbocycles. The van der Waals surface area contributed by atoms with E-state index in [1.807, 2.05) is 0 Å².